The highest BCUT2D eigenvalue weighted by Gasteiger charge is 2.42. The summed E-state index contributed by atoms with van der Waals surface area (Å²) >= 11 is 3.41. The number of aliphatic imine (C=N–C) groups is 1. The lowest BCUT2D eigenvalue weighted by Gasteiger charge is -2.24. The number of benzene rings is 2. The molecule has 0 aromatic heterocycles. The molecule has 0 aliphatic carbocycles. The van der Waals surface area contributed by atoms with E-state index in [1.807, 2.05) is 48.5 Å². The van der Waals surface area contributed by atoms with Crippen LogP contribution in [0.25, 0.3) is 0 Å². The van der Waals surface area contributed by atoms with E-state index >= 15 is 0 Å². The molecular formula is C14H11BrN2O. The van der Waals surface area contributed by atoms with Crippen molar-refractivity contribution in [3.05, 3.63) is 64.1 Å². The molecule has 0 fully saturated rings. The number of rotatable bonds is 1. The van der Waals surface area contributed by atoms with Crippen molar-refractivity contribution < 1.29 is 5.11 Å². The first-order valence-electron chi connectivity index (χ1n) is 5.55. The van der Waals surface area contributed by atoms with Gasteiger partial charge in [0.15, 0.2) is 5.60 Å². The van der Waals surface area contributed by atoms with Crippen LogP contribution < -0.4 is 5.73 Å². The van der Waals surface area contributed by atoms with Crippen molar-refractivity contribution in [1.82, 2.24) is 0 Å². The Balaban J connectivity index is 2.26. The fourth-order valence-electron chi connectivity index (χ4n) is 2.23. The van der Waals surface area contributed by atoms with Crippen LogP contribution in [0.15, 0.2) is 58.0 Å². The SMILES string of the molecule is NC1=Nc2ccc(Br)cc2C1(O)c1ccccc1. The van der Waals surface area contributed by atoms with Crippen molar-refractivity contribution in [1.29, 1.82) is 0 Å². The molecule has 4 heteroatoms. The van der Waals surface area contributed by atoms with Gasteiger partial charge in [-0.05, 0) is 23.8 Å². The zero-order chi connectivity index (χ0) is 12.8. The highest BCUT2D eigenvalue weighted by atomic mass is 79.9. The number of amidine groups is 1. The number of fused-ring (bicyclic) bond motifs is 1. The Kier molecular flexibility index (Phi) is 2.50. The van der Waals surface area contributed by atoms with Gasteiger partial charge in [0.25, 0.3) is 0 Å². The van der Waals surface area contributed by atoms with Crippen LogP contribution in [-0.4, -0.2) is 10.9 Å². The second-order valence-corrected chi connectivity index (χ2v) is 5.15. The average Bonchev–Trinajstić information content (AvgIpc) is 2.64. The maximum Gasteiger partial charge on any atom is 0.174 e. The maximum atomic E-state index is 10.9. The summed E-state index contributed by atoms with van der Waals surface area (Å²) in [4.78, 5) is 4.25. The first-order chi connectivity index (χ1) is 8.62. The summed E-state index contributed by atoms with van der Waals surface area (Å²) in [5.41, 5.74) is 6.74. The molecule has 0 spiro atoms. The van der Waals surface area contributed by atoms with E-state index in [-0.39, 0.29) is 5.84 Å². The third-order valence-corrected chi connectivity index (χ3v) is 3.64. The summed E-state index contributed by atoms with van der Waals surface area (Å²) in [5.74, 6) is 0.210. The summed E-state index contributed by atoms with van der Waals surface area (Å²) < 4.78 is 0.889. The molecule has 1 heterocycles. The Morgan fingerprint density at radius 1 is 1.11 bits per heavy atom. The van der Waals surface area contributed by atoms with Gasteiger partial charge in [0.2, 0.25) is 0 Å². The van der Waals surface area contributed by atoms with Gasteiger partial charge in [0, 0.05) is 10.0 Å². The second-order valence-electron chi connectivity index (χ2n) is 4.23. The minimum Gasteiger partial charge on any atom is -0.384 e. The molecule has 3 N–H and O–H groups in total. The van der Waals surface area contributed by atoms with Gasteiger partial charge >= 0.3 is 0 Å². The first-order valence-corrected chi connectivity index (χ1v) is 6.34. The van der Waals surface area contributed by atoms with E-state index in [9.17, 15) is 5.11 Å². The van der Waals surface area contributed by atoms with Crippen molar-refractivity contribution >= 4 is 27.5 Å². The van der Waals surface area contributed by atoms with Gasteiger partial charge in [-0.1, -0.05) is 46.3 Å². The van der Waals surface area contributed by atoms with Gasteiger partial charge in [0.1, 0.15) is 5.84 Å². The van der Waals surface area contributed by atoms with Crippen molar-refractivity contribution in [2.45, 2.75) is 5.60 Å². The molecule has 3 rings (SSSR count). The lowest BCUT2D eigenvalue weighted by atomic mass is 9.86. The van der Waals surface area contributed by atoms with Crippen LogP contribution in [0.1, 0.15) is 11.1 Å². The summed E-state index contributed by atoms with van der Waals surface area (Å²) in [6.45, 7) is 0. The van der Waals surface area contributed by atoms with Crippen molar-refractivity contribution in [3.8, 4) is 0 Å². The molecule has 90 valence electrons. The smallest absolute Gasteiger partial charge is 0.174 e. The predicted molar refractivity (Wildman–Crippen MR) is 74.9 cm³/mol. The monoisotopic (exact) mass is 302 g/mol. The van der Waals surface area contributed by atoms with Crippen molar-refractivity contribution in [2.75, 3.05) is 0 Å². The topological polar surface area (TPSA) is 58.6 Å². The number of halogens is 1. The van der Waals surface area contributed by atoms with E-state index in [4.69, 9.17) is 5.73 Å². The fourth-order valence-corrected chi connectivity index (χ4v) is 2.59. The second kappa shape index (κ2) is 3.93. The molecule has 1 atom stereocenters. The molecule has 1 unspecified atom stereocenters. The highest BCUT2D eigenvalue weighted by Crippen LogP contribution is 2.42. The first kappa shape index (κ1) is 11.4. The Morgan fingerprint density at radius 2 is 1.83 bits per heavy atom. The Morgan fingerprint density at radius 3 is 2.56 bits per heavy atom. The quantitative estimate of drug-likeness (QED) is 0.851. The van der Waals surface area contributed by atoms with Gasteiger partial charge in [-0.2, -0.15) is 0 Å². The summed E-state index contributed by atoms with van der Waals surface area (Å²) in [5, 5.41) is 10.9. The van der Waals surface area contributed by atoms with Crippen LogP contribution in [0.3, 0.4) is 0 Å². The zero-order valence-electron chi connectivity index (χ0n) is 9.47. The molecule has 18 heavy (non-hydrogen) atoms. The molecule has 2 aromatic carbocycles. The van der Waals surface area contributed by atoms with Gasteiger partial charge in [-0.3, -0.25) is 0 Å². The van der Waals surface area contributed by atoms with Crippen LogP contribution in [0.4, 0.5) is 5.69 Å². The lowest BCUT2D eigenvalue weighted by molar-refractivity contribution is 0.158. The molecule has 1 aliphatic heterocycles. The van der Waals surface area contributed by atoms with Gasteiger partial charge < -0.3 is 10.8 Å². The van der Waals surface area contributed by atoms with E-state index in [2.05, 4.69) is 20.9 Å². The van der Waals surface area contributed by atoms with E-state index in [0.29, 0.717) is 11.3 Å². The minimum absolute atomic E-state index is 0.210. The number of hydrogen-bond donors (Lipinski definition) is 2. The van der Waals surface area contributed by atoms with Crippen molar-refractivity contribution in [2.24, 2.45) is 10.7 Å². The molecule has 2 aromatic rings. The third-order valence-electron chi connectivity index (χ3n) is 3.15. The maximum absolute atomic E-state index is 10.9. The molecule has 3 nitrogen and oxygen atoms in total. The number of nitrogens with zero attached hydrogens (tertiary/aromatic N) is 1. The van der Waals surface area contributed by atoms with Gasteiger partial charge in [0.05, 0.1) is 5.69 Å². The summed E-state index contributed by atoms with van der Waals surface area (Å²) in [7, 11) is 0. The van der Waals surface area contributed by atoms with Gasteiger partial charge in [-0.15, -0.1) is 0 Å². The standard InChI is InChI=1S/C14H11BrN2O/c15-10-6-7-12-11(8-10)14(18,13(16)17-12)9-4-2-1-3-5-9/h1-8,18H,(H2,16,17). The van der Waals surface area contributed by atoms with E-state index in [0.717, 1.165) is 10.0 Å². The molecule has 0 bridgehead atoms. The molecule has 0 saturated carbocycles. The lowest BCUT2D eigenvalue weighted by Crippen LogP contribution is -2.39. The Bertz CT molecular complexity index is 639. The fraction of sp³-hybridized carbons (Fsp3) is 0.0714. The highest BCUT2D eigenvalue weighted by molar-refractivity contribution is 9.10. The normalized spacial score (nSPS) is 21.6. The Hall–Kier alpha value is -1.65. The molecular weight excluding hydrogens is 292 g/mol. The summed E-state index contributed by atoms with van der Waals surface area (Å²) in [6.07, 6.45) is 0. The van der Waals surface area contributed by atoms with Crippen LogP contribution in [-0.2, 0) is 5.60 Å². The number of aliphatic hydroxyl groups is 1. The van der Waals surface area contributed by atoms with E-state index in [1.54, 1.807) is 0 Å². The minimum atomic E-state index is -1.33. The van der Waals surface area contributed by atoms with Crippen LogP contribution in [0, 0.1) is 0 Å². The van der Waals surface area contributed by atoms with Crippen LogP contribution in [0.2, 0.25) is 0 Å². The molecule has 0 saturated heterocycles. The predicted octanol–water partition coefficient (Wildman–Crippen LogP) is 2.69. The van der Waals surface area contributed by atoms with Crippen LogP contribution >= 0.6 is 15.9 Å². The molecule has 0 radical (unpaired) electrons. The molecule has 1 aliphatic rings. The zero-order valence-corrected chi connectivity index (χ0v) is 11.1. The van der Waals surface area contributed by atoms with E-state index in [1.165, 1.54) is 0 Å². The summed E-state index contributed by atoms with van der Waals surface area (Å²) in [6, 6.07) is 14.9. The number of hydrogen-bond acceptors (Lipinski definition) is 3. The van der Waals surface area contributed by atoms with Gasteiger partial charge in [-0.25, -0.2) is 4.99 Å². The average molecular weight is 303 g/mol. The van der Waals surface area contributed by atoms with Crippen molar-refractivity contribution in [3.63, 3.8) is 0 Å². The van der Waals surface area contributed by atoms with E-state index < -0.39 is 5.60 Å². The largest absolute Gasteiger partial charge is 0.384 e. The third kappa shape index (κ3) is 1.50. The molecule has 0 amide bonds. The Labute approximate surface area is 113 Å². The van der Waals surface area contributed by atoms with Crippen LogP contribution in [0.5, 0.6) is 0 Å². The number of nitrogens with two attached hydrogens (primary N) is 1.